The molecule has 0 aliphatic heterocycles. The Morgan fingerprint density at radius 3 is 3.00 bits per heavy atom. The molecule has 1 aromatic carbocycles. The second-order valence-electron chi connectivity index (χ2n) is 3.95. The molecule has 0 unspecified atom stereocenters. The third-order valence-corrected chi connectivity index (χ3v) is 3.36. The Bertz CT molecular complexity index is 616. The number of carbonyl (C=O) groups excluding carboxylic acids is 1. The number of methoxy groups -OCH3 is 1. The number of hydrogen-bond acceptors (Lipinski definition) is 5. The van der Waals surface area contributed by atoms with E-state index in [1.165, 1.54) is 30.6 Å². The molecule has 2 aromatic rings. The highest BCUT2D eigenvalue weighted by Crippen LogP contribution is 2.24. The number of anilines is 2. The Hall–Kier alpha value is -2.02. The van der Waals surface area contributed by atoms with Crippen LogP contribution in [-0.2, 0) is 16.0 Å². The van der Waals surface area contributed by atoms with E-state index < -0.39 is 11.6 Å². The van der Waals surface area contributed by atoms with Crippen LogP contribution >= 0.6 is 11.3 Å². The van der Waals surface area contributed by atoms with Gasteiger partial charge in [-0.25, -0.2) is 13.8 Å². The molecule has 2 rings (SSSR count). The predicted octanol–water partition coefficient (Wildman–Crippen LogP) is 3.27. The number of rotatable bonds is 5. The van der Waals surface area contributed by atoms with Gasteiger partial charge in [-0.05, 0) is 12.1 Å². The molecule has 1 aromatic heterocycles. The van der Waals surface area contributed by atoms with Gasteiger partial charge in [0.05, 0.1) is 24.9 Å². The molecule has 0 aliphatic carbocycles. The maximum Gasteiger partial charge on any atom is 0.305 e. The highest BCUT2D eigenvalue weighted by molar-refractivity contribution is 7.13. The predicted molar refractivity (Wildman–Crippen MR) is 72.1 cm³/mol. The van der Waals surface area contributed by atoms with Gasteiger partial charge >= 0.3 is 5.97 Å². The van der Waals surface area contributed by atoms with E-state index >= 15 is 0 Å². The van der Waals surface area contributed by atoms with Gasteiger partial charge in [-0.2, -0.15) is 0 Å². The molecule has 4 nitrogen and oxygen atoms in total. The quantitative estimate of drug-likeness (QED) is 0.861. The summed E-state index contributed by atoms with van der Waals surface area (Å²) < 4.78 is 31.1. The first-order chi connectivity index (χ1) is 9.60. The first-order valence-corrected chi connectivity index (χ1v) is 6.70. The third-order valence-electron chi connectivity index (χ3n) is 2.56. The summed E-state index contributed by atoms with van der Waals surface area (Å²) in [5.74, 6) is -2.18. The molecule has 20 heavy (non-hydrogen) atoms. The van der Waals surface area contributed by atoms with E-state index in [1.807, 2.05) is 0 Å². The van der Waals surface area contributed by atoms with Crippen molar-refractivity contribution in [1.29, 1.82) is 0 Å². The van der Waals surface area contributed by atoms with Gasteiger partial charge in [0.2, 0.25) is 0 Å². The van der Waals surface area contributed by atoms with E-state index in [1.54, 1.807) is 5.38 Å². The van der Waals surface area contributed by atoms with E-state index in [-0.39, 0.29) is 18.1 Å². The number of thiazole rings is 1. The molecule has 0 aliphatic rings. The maximum atomic E-state index is 13.5. The molecule has 0 radical (unpaired) electrons. The molecule has 1 N–H and O–H groups in total. The lowest BCUT2D eigenvalue weighted by Crippen LogP contribution is -2.02. The second kappa shape index (κ2) is 6.42. The minimum atomic E-state index is -0.946. The fourth-order valence-corrected chi connectivity index (χ4v) is 2.28. The highest BCUT2D eigenvalue weighted by Gasteiger charge is 2.10. The highest BCUT2D eigenvalue weighted by atomic mass is 32.1. The van der Waals surface area contributed by atoms with E-state index in [4.69, 9.17) is 0 Å². The largest absolute Gasteiger partial charge is 0.469 e. The Morgan fingerprint density at radius 2 is 2.25 bits per heavy atom. The number of nitrogens with zero attached hydrogens (tertiary/aromatic N) is 1. The van der Waals surface area contributed by atoms with Crippen molar-refractivity contribution in [3.8, 4) is 0 Å². The van der Waals surface area contributed by atoms with Crippen LogP contribution in [0.1, 0.15) is 12.1 Å². The second-order valence-corrected chi connectivity index (χ2v) is 4.80. The van der Waals surface area contributed by atoms with Crippen LogP contribution in [0.5, 0.6) is 0 Å². The first kappa shape index (κ1) is 14.4. The zero-order valence-electron chi connectivity index (χ0n) is 10.7. The van der Waals surface area contributed by atoms with Gasteiger partial charge in [-0.3, -0.25) is 4.79 Å². The first-order valence-electron chi connectivity index (χ1n) is 5.82. The summed E-state index contributed by atoms with van der Waals surface area (Å²) in [6.45, 7) is 0. The van der Waals surface area contributed by atoms with Gasteiger partial charge in [0, 0.05) is 11.8 Å². The molecular weight excluding hydrogens is 286 g/mol. The minimum absolute atomic E-state index is 0.0267. The van der Waals surface area contributed by atoms with Gasteiger partial charge in [0.25, 0.3) is 0 Å². The number of esters is 1. The molecule has 0 amide bonds. The van der Waals surface area contributed by atoms with Crippen molar-refractivity contribution in [3.05, 3.63) is 40.9 Å². The molecule has 0 atom stereocenters. The average molecular weight is 298 g/mol. The van der Waals surface area contributed by atoms with Gasteiger partial charge in [0.15, 0.2) is 16.8 Å². The van der Waals surface area contributed by atoms with Crippen molar-refractivity contribution in [2.75, 3.05) is 12.4 Å². The van der Waals surface area contributed by atoms with Crippen molar-refractivity contribution >= 4 is 28.1 Å². The Labute approximate surface area is 118 Å². The van der Waals surface area contributed by atoms with Crippen molar-refractivity contribution in [2.45, 2.75) is 12.8 Å². The van der Waals surface area contributed by atoms with Crippen LogP contribution in [-0.4, -0.2) is 18.1 Å². The number of halogens is 2. The monoisotopic (exact) mass is 298 g/mol. The summed E-state index contributed by atoms with van der Waals surface area (Å²) in [5, 5.41) is 4.90. The van der Waals surface area contributed by atoms with Crippen LogP contribution in [0.4, 0.5) is 19.6 Å². The van der Waals surface area contributed by atoms with Crippen LogP contribution in [0.15, 0.2) is 23.6 Å². The molecule has 1 heterocycles. The van der Waals surface area contributed by atoms with E-state index in [2.05, 4.69) is 15.0 Å². The number of ether oxygens (including phenoxy) is 1. The molecule has 0 saturated heterocycles. The van der Waals surface area contributed by atoms with E-state index in [0.717, 1.165) is 6.07 Å². The summed E-state index contributed by atoms with van der Waals surface area (Å²) in [4.78, 5) is 15.2. The molecular formula is C13H12F2N2O2S. The number of nitrogens with one attached hydrogen (secondary N) is 1. The van der Waals surface area contributed by atoms with Crippen LogP contribution in [0.3, 0.4) is 0 Å². The lowest BCUT2D eigenvalue weighted by atomic mass is 10.2. The summed E-state index contributed by atoms with van der Waals surface area (Å²) in [5.41, 5.74) is 0.721. The molecule has 0 fully saturated rings. The average Bonchev–Trinajstić information content (AvgIpc) is 2.89. The third kappa shape index (κ3) is 3.51. The summed E-state index contributed by atoms with van der Waals surface area (Å²) >= 11 is 1.25. The van der Waals surface area contributed by atoms with Gasteiger partial charge < -0.3 is 10.1 Å². The normalized spacial score (nSPS) is 10.3. The summed E-state index contributed by atoms with van der Waals surface area (Å²) in [7, 11) is 1.32. The van der Waals surface area contributed by atoms with Crippen molar-refractivity contribution < 1.29 is 18.3 Å². The molecule has 106 valence electrons. The van der Waals surface area contributed by atoms with E-state index in [0.29, 0.717) is 17.2 Å². The molecule has 7 heteroatoms. The fraction of sp³-hybridized carbons (Fsp3) is 0.231. The maximum absolute atomic E-state index is 13.5. The fourth-order valence-electron chi connectivity index (χ4n) is 1.53. The Balaban J connectivity index is 2.02. The summed E-state index contributed by atoms with van der Waals surface area (Å²) in [6, 6.07) is 3.88. The number of benzene rings is 1. The summed E-state index contributed by atoms with van der Waals surface area (Å²) in [6.07, 6.45) is 0.671. The topological polar surface area (TPSA) is 51.2 Å². The lowest BCUT2D eigenvalue weighted by Gasteiger charge is -2.04. The van der Waals surface area contributed by atoms with Crippen LogP contribution in [0, 0.1) is 11.6 Å². The van der Waals surface area contributed by atoms with Crippen LogP contribution in [0.2, 0.25) is 0 Å². The SMILES string of the molecule is COC(=O)CCc1csc(Nc2cccc(F)c2F)n1. The number of aromatic nitrogens is 1. The van der Waals surface area contributed by atoms with Gasteiger partial charge in [0.1, 0.15) is 0 Å². The van der Waals surface area contributed by atoms with Crippen molar-refractivity contribution in [3.63, 3.8) is 0 Å². The van der Waals surface area contributed by atoms with Crippen LogP contribution < -0.4 is 5.32 Å². The number of aryl methyl sites for hydroxylation is 1. The standard InChI is InChI=1S/C13H12F2N2O2S/c1-19-11(18)6-5-8-7-20-13(16-8)17-10-4-2-3-9(14)12(10)15/h2-4,7H,5-6H2,1H3,(H,16,17). The zero-order valence-corrected chi connectivity index (χ0v) is 11.5. The van der Waals surface area contributed by atoms with Crippen LogP contribution in [0.25, 0.3) is 0 Å². The Morgan fingerprint density at radius 1 is 1.45 bits per heavy atom. The van der Waals surface area contributed by atoms with Gasteiger partial charge in [-0.15, -0.1) is 11.3 Å². The minimum Gasteiger partial charge on any atom is -0.469 e. The Kier molecular flexibility index (Phi) is 4.62. The van der Waals surface area contributed by atoms with Crippen molar-refractivity contribution in [1.82, 2.24) is 4.98 Å². The molecule has 0 bridgehead atoms. The van der Waals surface area contributed by atoms with Gasteiger partial charge in [-0.1, -0.05) is 6.07 Å². The number of hydrogen-bond donors (Lipinski definition) is 1. The molecule has 0 saturated carbocycles. The zero-order chi connectivity index (χ0) is 14.5. The smallest absolute Gasteiger partial charge is 0.305 e. The molecule has 0 spiro atoms. The van der Waals surface area contributed by atoms with Crippen molar-refractivity contribution in [2.24, 2.45) is 0 Å². The number of carbonyl (C=O) groups is 1. The van der Waals surface area contributed by atoms with E-state index in [9.17, 15) is 13.6 Å². The lowest BCUT2D eigenvalue weighted by molar-refractivity contribution is -0.140.